The number of benzene rings is 2. The number of nitrogens with zero attached hydrogens (tertiary/aromatic N) is 2. The van der Waals surface area contributed by atoms with Crippen molar-refractivity contribution in [2.24, 2.45) is 23.7 Å². The Bertz CT molecular complexity index is 1230. The van der Waals surface area contributed by atoms with Gasteiger partial charge in [-0.1, -0.05) is 66.7 Å². The molecule has 35 heavy (non-hydrogen) atoms. The zero-order chi connectivity index (χ0) is 25.2. The van der Waals surface area contributed by atoms with E-state index in [0.29, 0.717) is 10.0 Å². The van der Waals surface area contributed by atoms with Crippen LogP contribution in [0, 0.1) is 23.7 Å². The third-order valence-corrected chi connectivity index (χ3v) is 11.1. The summed E-state index contributed by atoms with van der Waals surface area (Å²) in [6.45, 7) is -0.527. The van der Waals surface area contributed by atoms with Gasteiger partial charge in [0.25, 0.3) is 17.7 Å². The third-order valence-electron chi connectivity index (χ3n) is 7.06. The van der Waals surface area contributed by atoms with Gasteiger partial charge in [0.1, 0.15) is 6.54 Å². The van der Waals surface area contributed by atoms with E-state index in [4.69, 9.17) is 34.8 Å². The van der Waals surface area contributed by atoms with Crippen LogP contribution in [-0.2, 0) is 9.59 Å². The minimum absolute atomic E-state index is 0.0253. The van der Waals surface area contributed by atoms with Crippen molar-refractivity contribution >= 4 is 90.2 Å². The van der Waals surface area contributed by atoms with Gasteiger partial charge in [-0.2, -0.15) is 5.01 Å². The van der Waals surface area contributed by atoms with Gasteiger partial charge in [0.05, 0.1) is 22.4 Å². The molecule has 1 heterocycles. The Morgan fingerprint density at radius 3 is 1.97 bits per heavy atom. The molecule has 2 saturated carbocycles. The van der Waals surface area contributed by atoms with E-state index in [2.05, 4.69) is 31.9 Å². The van der Waals surface area contributed by atoms with E-state index in [-0.39, 0.29) is 37.6 Å². The highest BCUT2D eigenvalue weighted by Gasteiger charge is 2.67. The summed E-state index contributed by atoms with van der Waals surface area (Å²) < 4.78 is 0. The molecule has 0 spiro atoms. The highest BCUT2D eigenvalue weighted by molar-refractivity contribution is 9.12. The zero-order valence-corrected chi connectivity index (χ0v) is 23.3. The summed E-state index contributed by atoms with van der Waals surface area (Å²) in [6, 6.07) is 10.4. The molecule has 2 aromatic carbocycles. The summed E-state index contributed by atoms with van der Waals surface area (Å²) in [5.41, 5.74) is 0.312. The van der Waals surface area contributed by atoms with E-state index in [1.54, 1.807) is 12.1 Å². The number of carbonyl (C=O) groups is 4. The number of ketones is 1. The Hall–Kier alpha value is -1.45. The second-order valence-electron chi connectivity index (χ2n) is 8.91. The smallest absolute Gasteiger partial charge is 0.274 e. The zero-order valence-electron chi connectivity index (χ0n) is 17.8. The van der Waals surface area contributed by atoms with E-state index in [1.165, 1.54) is 30.3 Å². The van der Waals surface area contributed by atoms with Crippen molar-refractivity contribution in [2.75, 3.05) is 6.54 Å². The van der Waals surface area contributed by atoms with Crippen molar-refractivity contribution in [1.82, 2.24) is 10.0 Å². The first-order chi connectivity index (χ1) is 16.6. The lowest BCUT2D eigenvalue weighted by Gasteiger charge is -2.31. The van der Waals surface area contributed by atoms with Crippen LogP contribution in [-0.4, -0.2) is 49.7 Å². The van der Waals surface area contributed by atoms with Crippen LogP contribution < -0.4 is 0 Å². The fourth-order valence-corrected chi connectivity index (χ4v) is 7.96. The number of rotatable bonds is 5. The summed E-state index contributed by atoms with van der Waals surface area (Å²) in [7, 11) is 0. The molecular formula is C24H17Br2Cl3N2O4. The van der Waals surface area contributed by atoms with Crippen LogP contribution in [0.25, 0.3) is 0 Å². The molecule has 1 saturated heterocycles. The van der Waals surface area contributed by atoms with Crippen molar-refractivity contribution in [1.29, 1.82) is 0 Å². The highest BCUT2D eigenvalue weighted by Crippen LogP contribution is 2.60. The molecule has 0 radical (unpaired) electrons. The first kappa shape index (κ1) is 25.2. The van der Waals surface area contributed by atoms with E-state index < -0.39 is 41.9 Å². The van der Waals surface area contributed by atoms with Crippen molar-refractivity contribution in [3.8, 4) is 0 Å². The van der Waals surface area contributed by atoms with Crippen LogP contribution in [0.15, 0.2) is 42.5 Å². The number of halogens is 5. The summed E-state index contributed by atoms with van der Waals surface area (Å²) in [4.78, 5) is 54.1. The average molecular weight is 664 g/mol. The van der Waals surface area contributed by atoms with Gasteiger partial charge in [-0.05, 0) is 60.7 Å². The molecule has 3 aliphatic rings. The van der Waals surface area contributed by atoms with Gasteiger partial charge in [-0.25, -0.2) is 5.01 Å². The Labute approximate surface area is 233 Å². The molecule has 5 rings (SSSR count). The van der Waals surface area contributed by atoms with Gasteiger partial charge < -0.3 is 0 Å². The van der Waals surface area contributed by atoms with Crippen LogP contribution in [0.4, 0.5) is 0 Å². The maximum Gasteiger partial charge on any atom is 0.274 e. The quantitative estimate of drug-likeness (QED) is 0.235. The van der Waals surface area contributed by atoms with Crippen molar-refractivity contribution in [3.05, 3.63) is 68.7 Å². The molecular weight excluding hydrogens is 646 g/mol. The fourth-order valence-electron chi connectivity index (χ4n) is 5.47. The number of alkyl halides is 2. The second kappa shape index (κ2) is 9.45. The molecule has 0 N–H and O–H groups in total. The Morgan fingerprint density at radius 2 is 1.43 bits per heavy atom. The van der Waals surface area contributed by atoms with Gasteiger partial charge in [0, 0.05) is 25.3 Å². The van der Waals surface area contributed by atoms with Crippen LogP contribution in [0.3, 0.4) is 0 Å². The molecule has 3 amide bonds. The molecule has 11 heteroatoms. The van der Waals surface area contributed by atoms with E-state index >= 15 is 0 Å². The molecule has 1 aliphatic heterocycles. The maximum absolute atomic E-state index is 13.7. The SMILES string of the molecule is O=C(CN(C(=O)c1ccc(Cl)cc1Cl)N1C(=O)[C@@H]2[C@H]3C[C@@H]([C@H](Br)[C@@H]3Br)[C@@H]2C1=O)c1ccc(Cl)cc1. The summed E-state index contributed by atoms with van der Waals surface area (Å²) >= 11 is 25.5. The van der Waals surface area contributed by atoms with Crippen molar-refractivity contribution < 1.29 is 19.2 Å². The Balaban J connectivity index is 1.53. The molecule has 3 fully saturated rings. The lowest BCUT2D eigenvalue weighted by molar-refractivity contribution is -0.154. The van der Waals surface area contributed by atoms with Gasteiger partial charge in [-0.3, -0.25) is 19.2 Å². The molecule has 6 nitrogen and oxygen atoms in total. The number of amides is 3. The highest BCUT2D eigenvalue weighted by atomic mass is 79.9. The number of Topliss-reactive ketones (excluding diaryl/α,β-unsaturated/α-hetero) is 1. The molecule has 2 aliphatic carbocycles. The predicted molar refractivity (Wildman–Crippen MR) is 139 cm³/mol. The topological polar surface area (TPSA) is 74.8 Å². The normalized spacial score (nSPS) is 29.0. The summed E-state index contributed by atoms with van der Waals surface area (Å²) in [5, 5.41) is 2.60. The van der Waals surface area contributed by atoms with E-state index in [0.717, 1.165) is 16.4 Å². The van der Waals surface area contributed by atoms with E-state index in [9.17, 15) is 19.2 Å². The van der Waals surface area contributed by atoms with Crippen molar-refractivity contribution in [2.45, 2.75) is 16.1 Å². The van der Waals surface area contributed by atoms with Gasteiger partial charge in [-0.15, -0.1) is 0 Å². The summed E-state index contributed by atoms with van der Waals surface area (Å²) in [6.07, 6.45) is 0.743. The van der Waals surface area contributed by atoms with Crippen LogP contribution in [0.1, 0.15) is 27.1 Å². The average Bonchev–Trinajstić information content (AvgIpc) is 3.42. The molecule has 0 aromatic heterocycles. The van der Waals surface area contributed by atoms with E-state index in [1.807, 2.05) is 0 Å². The monoisotopic (exact) mass is 660 g/mol. The minimum atomic E-state index is -0.742. The van der Waals surface area contributed by atoms with Gasteiger partial charge >= 0.3 is 0 Å². The Morgan fingerprint density at radius 1 is 0.886 bits per heavy atom. The summed E-state index contributed by atoms with van der Waals surface area (Å²) in [5.74, 6) is -3.33. The molecule has 182 valence electrons. The maximum atomic E-state index is 13.7. The van der Waals surface area contributed by atoms with Crippen LogP contribution in [0.2, 0.25) is 15.1 Å². The van der Waals surface area contributed by atoms with Crippen LogP contribution >= 0.6 is 66.7 Å². The number of hydrogen-bond acceptors (Lipinski definition) is 4. The Kier molecular flexibility index (Phi) is 6.81. The van der Waals surface area contributed by atoms with Crippen molar-refractivity contribution in [3.63, 3.8) is 0 Å². The fraction of sp³-hybridized carbons (Fsp3) is 0.333. The van der Waals surface area contributed by atoms with Gasteiger partial charge in [0.15, 0.2) is 5.78 Å². The molecule has 6 atom stereocenters. The second-order valence-corrected chi connectivity index (χ2v) is 12.3. The third kappa shape index (κ3) is 4.15. The number of hydrogen-bond donors (Lipinski definition) is 0. The predicted octanol–water partition coefficient (Wildman–Crippen LogP) is 5.66. The number of fused-ring (bicyclic) bond motifs is 5. The lowest BCUT2D eigenvalue weighted by Crippen LogP contribution is -2.52. The first-order valence-electron chi connectivity index (χ1n) is 10.8. The first-order valence-corrected chi connectivity index (χ1v) is 13.8. The number of carbonyl (C=O) groups excluding carboxylic acids is 4. The minimum Gasteiger partial charge on any atom is -0.292 e. The number of imide groups is 1. The van der Waals surface area contributed by atoms with Crippen LogP contribution in [0.5, 0.6) is 0 Å². The lowest BCUT2D eigenvalue weighted by atomic mass is 9.81. The molecule has 2 aromatic rings. The standard InChI is InChI=1S/C24H17Br2Cl3N2O4/c25-20-14-8-15(21(20)26)19-18(14)23(34)31(24(19)35)30(9-17(32)10-1-3-11(27)4-2-10)22(33)13-6-5-12(28)7-16(13)29/h1-7,14-15,18-21H,8-9H2/t14-,15-,18-,19+,20-,21+/m1/s1. The van der Waals surface area contributed by atoms with Gasteiger partial charge in [0.2, 0.25) is 0 Å². The molecule has 0 unspecified atom stereocenters. The number of hydrazine groups is 1. The molecule has 2 bridgehead atoms. The largest absolute Gasteiger partial charge is 0.292 e.